The fourth-order valence-electron chi connectivity index (χ4n) is 5.58. The molecule has 0 fully saturated rings. The van der Waals surface area contributed by atoms with E-state index < -0.39 is 83.5 Å². The van der Waals surface area contributed by atoms with Crippen molar-refractivity contribution in [2.75, 3.05) is 0 Å². The second kappa shape index (κ2) is 14.2. The maximum atomic E-state index is 14.9. The molecule has 0 heterocycles. The Balaban J connectivity index is 2.11. The van der Waals surface area contributed by atoms with Crippen molar-refractivity contribution in [2.24, 2.45) is 3.50 Å². The Morgan fingerprint density at radius 1 is 0.625 bits per heavy atom. The molecule has 3 rings (SSSR count). The van der Waals surface area contributed by atoms with Gasteiger partial charge in [0.05, 0.1) is 0 Å². The van der Waals surface area contributed by atoms with Gasteiger partial charge in [0.1, 0.15) is 0 Å². The van der Waals surface area contributed by atoms with Crippen LogP contribution in [0.2, 0.25) is 0 Å². The van der Waals surface area contributed by atoms with E-state index >= 15 is 0 Å². The number of halogens is 12. The van der Waals surface area contributed by atoms with E-state index in [9.17, 15) is 57.8 Å². The fraction of sp³-hybridized carbons (Fsp3) is 0.438. The Morgan fingerprint density at radius 2 is 1.06 bits per heavy atom. The van der Waals surface area contributed by atoms with Gasteiger partial charge in [-0.2, -0.15) is 26.3 Å². The number of alkyl halides is 12. The predicted molar refractivity (Wildman–Crippen MR) is 147 cm³/mol. The molecular formula is C32H29F12MoNO2. The monoisotopic (exact) mass is 785 g/mol. The van der Waals surface area contributed by atoms with E-state index in [0.29, 0.717) is 17.7 Å². The van der Waals surface area contributed by atoms with E-state index in [1.54, 1.807) is 19.9 Å². The van der Waals surface area contributed by atoms with Gasteiger partial charge in [0.25, 0.3) is 5.60 Å². The first kappa shape index (κ1) is 39.7. The van der Waals surface area contributed by atoms with E-state index in [0.717, 1.165) is 43.3 Å². The average Bonchev–Trinajstić information content (AvgIpc) is 2.97. The summed E-state index contributed by atoms with van der Waals surface area (Å²) >= 11 is 1.25. The first-order valence-corrected chi connectivity index (χ1v) is 15.2. The van der Waals surface area contributed by atoms with Crippen LogP contribution in [0.15, 0.2) is 70.2 Å². The second-order valence-electron chi connectivity index (χ2n) is 11.3. The summed E-state index contributed by atoms with van der Waals surface area (Å²) in [6.45, 7) is 4.54. The first-order chi connectivity index (χ1) is 22.0. The van der Waals surface area contributed by atoms with Crippen molar-refractivity contribution in [1.29, 1.82) is 0 Å². The zero-order valence-electron chi connectivity index (χ0n) is 25.4. The molecule has 0 spiro atoms. The van der Waals surface area contributed by atoms with Crippen LogP contribution in [0, 0.1) is 0 Å². The third kappa shape index (κ3) is 7.38. The molecule has 0 radical (unpaired) electrons. The van der Waals surface area contributed by atoms with Gasteiger partial charge >= 0.3 is 213 Å². The van der Waals surface area contributed by atoms with E-state index in [-0.39, 0.29) is 17.2 Å². The van der Waals surface area contributed by atoms with Crippen LogP contribution >= 0.6 is 0 Å². The van der Waals surface area contributed by atoms with Gasteiger partial charge in [-0.05, 0) is 0 Å². The van der Waals surface area contributed by atoms with Crippen LogP contribution in [0.4, 0.5) is 58.4 Å². The van der Waals surface area contributed by atoms with E-state index in [2.05, 4.69) is 3.50 Å². The molecule has 0 saturated carbocycles. The third-order valence-corrected chi connectivity index (χ3v) is 8.37. The molecule has 0 saturated heterocycles. The van der Waals surface area contributed by atoms with Crippen LogP contribution < -0.4 is 0 Å². The summed E-state index contributed by atoms with van der Waals surface area (Å²) in [4.78, 5) is 0. The van der Waals surface area contributed by atoms with Gasteiger partial charge in [-0.25, -0.2) is 0 Å². The topological polar surface area (TPSA) is 41.8 Å². The van der Waals surface area contributed by atoms with Crippen molar-refractivity contribution >= 4 is 5.69 Å². The number of hydrogen-bond donors (Lipinski definition) is 1. The predicted octanol–water partition coefficient (Wildman–Crippen LogP) is 10.8. The van der Waals surface area contributed by atoms with Gasteiger partial charge in [-0.3, -0.25) is 0 Å². The zero-order chi connectivity index (χ0) is 36.5. The molecule has 1 N–H and O–H groups in total. The van der Waals surface area contributed by atoms with Crippen LogP contribution in [0.3, 0.4) is 0 Å². The minimum absolute atomic E-state index is 0.0415. The average molecular weight is 784 g/mol. The molecule has 3 nitrogen and oxygen atoms in total. The van der Waals surface area contributed by atoms with Crippen molar-refractivity contribution in [3.63, 3.8) is 0 Å². The number of benzene rings is 3. The van der Waals surface area contributed by atoms with Crippen LogP contribution in [-0.2, 0) is 48.4 Å². The summed E-state index contributed by atoms with van der Waals surface area (Å²) in [6, 6.07) is 11.1. The Hall–Kier alpha value is -2.77. The van der Waals surface area contributed by atoms with Crippen LogP contribution in [0.25, 0.3) is 0 Å². The molecule has 0 bridgehead atoms. The molecule has 0 aliphatic rings. The van der Waals surface area contributed by atoms with E-state index in [4.69, 9.17) is 4.74 Å². The molecular weight excluding hydrogens is 754 g/mol. The van der Waals surface area contributed by atoms with E-state index in [1.807, 2.05) is 0 Å². The summed E-state index contributed by atoms with van der Waals surface area (Å²) in [5.74, 6) is -0.193. The number of hydrogen-bond acceptors (Lipinski definition) is 3. The summed E-state index contributed by atoms with van der Waals surface area (Å²) in [5, 5.41) is 9.92. The van der Waals surface area contributed by atoms with Crippen molar-refractivity contribution in [3.05, 3.63) is 100 Å². The Bertz CT molecular complexity index is 1550. The maximum absolute atomic E-state index is 14.9. The van der Waals surface area contributed by atoms with Crippen molar-refractivity contribution in [1.82, 2.24) is 0 Å². The number of aryl methyl sites for hydroxylation is 2. The molecule has 16 heteroatoms. The molecule has 0 aliphatic carbocycles. The van der Waals surface area contributed by atoms with Gasteiger partial charge in [-0.1, -0.05) is 24.3 Å². The van der Waals surface area contributed by atoms with Crippen LogP contribution in [0.5, 0.6) is 0 Å². The standard InChI is InChI=1S/C32H29F12NO2.Mo/c1-18(2)22-14-9-15-23(26(22)45)19(3)47-28(31(39,40)41,32(42,43)44)25-17-7-5-11-21(25)13-8-12-20-10-4-6-16-24(20)27(46,29(33,34)35)30(36,37)38;/h4-7,9-11,14-19,46H,8,12-13H2,1-3H3;. The quantitative estimate of drug-likeness (QED) is 0.155. The number of aliphatic hydroxyl groups is 1. The van der Waals surface area contributed by atoms with Gasteiger partial charge in [-0.15, -0.1) is 0 Å². The normalized spacial score (nSPS) is 14.4. The van der Waals surface area contributed by atoms with Crippen LogP contribution in [-0.4, -0.2) is 29.8 Å². The van der Waals surface area contributed by atoms with Crippen molar-refractivity contribution < 1.29 is 82.2 Å². The zero-order valence-corrected chi connectivity index (χ0v) is 27.4. The van der Waals surface area contributed by atoms with Crippen molar-refractivity contribution in [2.45, 2.75) is 88.0 Å². The third-order valence-electron chi connectivity index (χ3n) is 7.92. The molecule has 3 aromatic rings. The van der Waals surface area contributed by atoms with Gasteiger partial charge < -0.3 is 5.11 Å². The number of nitrogens with zero attached hydrogens (tertiary/aromatic N) is 1. The first-order valence-electron chi connectivity index (χ1n) is 14.3. The van der Waals surface area contributed by atoms with Crippen molar-refractivity contribution in [3.8, 4) is 0 Å². The number of rotatable bonds is 11. The Kier molecular flexibility index (Phi) is 11.8. The van der Waals surface area contributed by atoms with Gasteiger partial charge in [0.2, 0.25) is 0 Å². The summed E-state index contributed by atoms with van der Waals surface area (Å²) < 4.78 is 180. The summed E-state index contributed by atoms with van der Waals surface area (Å²) in [6.07, 6.45) is -28.3. The SMILES string of the molecule is CC(C)c1cccc(C(C)OC(c2ccccc2CCCc2ccccc2C(O)(C(F)(F)F)C(F)(F)F)(C(F)(F)F)C(F)(F)F)c1[N]=[Mo]. The fourth-order valence-corrected chi connectivity index (χ4v) is 6.10. The molecule has 0 aromatic heterocycles. The molecule has 3 aromatic carbocycles. The molecule has 48 heavy (non-hydrogen) atoms. The Labute approximate surface area is 279 Å². The Morgan fingerprint density at radius 3 is 1.50 bits per heavy atom. The van der Waals surface area contributed by atoms with Gasteiger partial charge in [0.15, 0.2) is 0 Å². The summed E-state index contributed by atoms with van der Waals surface area (Å²) in [5.41, 5.74) is -13.6. The van der Waals surface area contributed by atoms with Crippen LogP contribution in [0.1, 0.15) is 72.6 Å². The molecule has 1 atom stereocenters. The summed E-state index contributed by atoms with van der Waals surface area (Å²) in [7, 11) is 0. The number of ether oxygens (including phenoxy) is 1. The molecule has 264 valence electrons. The minimum atomic E-state index is -6.21. The molecule has 0 aliphatic heterocycles. The van der Waals surface area contributed by atoms with E-state index in [1.165, 1.54) is 31.8 Å². The second-order valence-corrected chi connectivity index (χ2v) is 11.8. The molecule has 0 amide bonds. The van der Waals surface area contributed by atoms with Gasteiger partial charge in [0, 0.05) is 5.56 Å². The molecule has 1 unspecified atom stereocenters.